The predicted octanol–water partition coefficient (Wildman–Crippen LogP) is 3.72. The molecule has 0 saturated carbocycles. The Morgan fingerprint density at radius 1 is 1.06 bits per heavy atom. The quantitative estimate of drug-likeness (QED) is 0.647. The third-order valence-corrected chi connectivity index (χ3v) is 3.20. The van der Waals surface area contributed by atoms with Crippen molar-refractivity contribution in [3.05, 3.63) is 23.8 Å². The molecule has 3 heteroatoms. The monoisotopic (exact) mass is 251 g/mol. The van der Waals surface area contributed by atoms with Crippen LogP contribution in [0.3, 0.4) is 0 Å². The van der Waals surface area contributed by atoms with Crippen LogP contribution in [0.1, 0.15) is 58.1 Å². The minimum atomic E-state index is 0.109. The van der Waals surface area contributed by atoms with Gasteiger partial charge in [-0.1, -0.05) is 26.2 Å². The van der Waals surface area contributed by atoms with E-state index in [1.54, 1.807) is 12.1 Å². The molecule has 1 rings (SSSR count). The first-order valence-electron chi connectivity index (χ1n) is 6.82. The lowest BCUT2D eigenvalue weighted by Crippen LogP contribution is -2.28. The maximum atomic E-state index is 9.46. The minimum Gasteiger partial charge on any atom is -0.508 e. The Kier molecular flexibility index (Phi) is 5.99. The molecule has 0 saturated heterocycles. The molecule has 0 heterocycles. The van der Waals surface area contributed by atoms with Gasteiger partial charge in [-0.2, -0.15) is 0 Å². The average molecular weight is 251 g/mol. The Hall–Kier alpha value is -1.22. The van der Waals surface area contributed by atoms with Gasteiger partial charge in [-0.15, -0.1) is 0 Å². The van der Waals surface area contributed by atoms with Gasteiger partial charge in [0, 0.05) is 18.2 Å². The largest absolute Gasteiger partial charge is 0.508 e. The summed E-state index contributed by atoms with van der Waals surface area (Å²) < 4.78 is 0. The van der Waals surface area contributed by atoms with E-state index in [-0.39, 0.29) is 17.5 Å². The Morgan fingerprint density at radius 3 is 2.22 bits per heavy atom. The molecule has 3 nitrogen and oxygen atoms in total. The van der Waals surface area contributed by atoms with Crippen molar-refractivity contribution >= 4 is 0 Å². The molecule has 2 atom stereocenters. The number of phenols is 2. The van der Waals surface area contributed by atoms with Crippen molar-refractivity contribution in [3.63, 3.8) is 0 Å². The molecule has 102 valence electrons. The number of nitrogens with one attached hydrogen (secondary N) is 1. The van der Waals surface area contributed by atoms with Gasteiger partial charge in [0.05, 0.1) is 0 Å². The zero-order chi connectivity index (χ0) is 13.5. The van der Waals surface area contributed by atoms with Gasteiger partial charge in [-0.25, -0.2) is 0 Å². The number of phenolic OH excluding ortho intramolecular Hbond substituents is 2. The summed E-state index contributed by atoms with van der Waals surface area (Å²) in [6, 6.07) is 5.29. The summed E-state index contributed by atoms with van der Waals surface area (Å²) in [5.74, 6) is 0.217. The molecule has 0 aliphatic heterocycles. The number of rotatable bonds is 7. The van der Waals surface area contributed by atoms with E-state index >= 15 is 0 Å². The number of aromatic hydroxyl groups is 2. The molecule has 0 radical (unpaired) electrons. The van der Waals surface area contributed by atoms with E-state index in [9.17, 15) is 10.2 Å². The van der Waals surface area contributed by atoms with E-state index in [0.29, 0.717) is 6.04 Å². The molecule has 0 aliphatic carbocycles. The van der Waals surface area contributed by atoms with Gasteiger partial charge in [0.25, 0.3) is 0 Å². The van der Waals surface area contributed by atoms with Crippen LogP contribution in [0, 0.1) is 0 Å². The normalized spacial score (nSPS) is 14.4. The van der Waals surface area contributed by atoms with Crippen LogP contribution in [-0.2, 0) is 0 Å². The molecule has 0 spiro atoms. The molecule has 0 amide bonds. The fourth-order valence-electron chi connectivity index (χ4n) is 2.17. The van der Waals surface area contributed by atoms with Crippen molar-refractivity contribution in [1.29, 1.82) is 0 Å². The lowest BCUT2D eigenvalue weighted by molar-refractivity contribution is 0.427. The highest BCUT2D eigenvalue weighted by molar-refractivity contribution is 5.37. The zero-order valence-corrected chi connectivity index (χ0v) is 11.6. The third-order valence-electron chi connectivity index (χ3n) is 3.20. The summed E-state index contributed by atoms with van der Waals surface area (Å²) in [4.78, 5) is 0. The van der Waals surface area contributed by atoms with E-state index in [1.165, 1.54) is 25.3 Å². The zero-order valence-electron chi connectivity index (χ0n) is 11.6. The van der Waals surface area contributed by atoms with E-state index in [1.807, 2.05) is 6.92 Å². The van der Waals surface area contributed by atoms with E-state index in [4.69, 9.17) is 0 Å². The summed E-state index contributed by atoms with van der Waals surface area (Å²) in [7, 11) is 0. The second-order valence-electron chi connectivity index (χ2n) is 5.07. The van der Waals surface area contributed by atoms with Crippen molar-refractivity contribution in [3.8, 4) is 11.5 Å². The fourth-order valence-corrected chi connectivity index (χ4v) is 2.17. The maximum absolute atomic E-state index is 9.46. The van der Waals surface area contributed by atoms with Crippen LogP contribution in [0.5, 0.6) is 11.5 Å². The Bertz CT molecular complexity index is 345. The highest BCUT2D eigenvalue weighted by Crippen LogP contribution is 2.25. The molecular weight excluding hydrogens is 226 g/mol. The first-order chi connectivity index (χ1) is 8.52. The summed E-state index contributed by atoms with van der Waals surface area (Å²) in [5, 5.41) is 22.4. The second kappa shape index (κ2) is 7.27. The molecule has 18 heavy (non-hydrogen) atoms. The van der Waals surface area contributed by atoms with E-state index in [2.05, 4.69) is 19.2 Å². The molecular formula is C15H25NO2. The fraction of sp³-hybridized carbons (Fsp3) is 0.600. The van der Waals surface area contributed by atoms with E-state index in [0.717, 1.165) is 12.0 Å². The van der Waals surface area contributed by atoms with E-state index < -0.39 is 0 Å². The van der Waals surface area contributed by atoms with Crippen LogP contribution in [0.4, 0.5) is 0 Å². The lowest BCUT2D eigenvalue weighted by Gasteiger charge is -2.20. The predicted molar refractivity (Wildman–Crippen MR) is 74.9 cm³/mol. The van der Waals surface area contributed by atoms with Crippen molar-refractivity contribution in [2.75, 3.05) is 0 Å². The smallest absolute Gasteiger partial charge is 0.119 e. The van der Waals surface area contributed by atoms with Crippen LogP contribution in [0.2, 0.25) is 0 Å². The van der Waals surface area contributed by atoms with Crippen LogP contribution < -0.4 is 5.32 Å². The molecule has 0 aromatic heterocycles. The molecule has 1 aromatic rings. The highest BCUT2D eigenvalue weighted by Gasteiger charge is 2.11. The number of hydrogen-bond acceptors (Lipinski definition) is 3. The van der Waals surface area contributed by atoms with Crippen LogP contribution >= 0.6 is 0 Å². The molecule has 1 aromatic carbocycles. The van der Waals surface area contributed by atoms with Crippen LogP contribution in [-0.4, -0.2) is 16.3 Å². The average Bonchev–Trinajstić information content (AvgIpc) is 2.28. The third kappa shape index (κ3) is 4.96. The highest BCUT2D eigenvalue weighted by atomic mass is 16.3. The summed E-state index contributed by atoms with van der Waals surface area (Å²) in [6.07, 6.45) is 4.90. The van der Waals surface area contributed by atoms with Gasteiger partial charge in [-0.3, -0.25) is 0 Å². The molecule has 0 aliphatic rings. The van der Waals surface area contributed by atoms with Gasteiger partial charge in [-0.05, 0) is 38.0 Å². The maximum Gasteiger partial charge on any atom is 0.119 e. The number of hydrogen-bond donors (Lipinski definition) is 3. The standard InChI is InChI=1S/C15H25NO2/c1-4-5-6-7-11(2)16-12(3)13-8-14(17)10-15(18)9-13/h8-12,16-18H,4-7H2,1-3H3. The topological polar surface area (TPSA) is 52.5 Å². The lowest BCUT2D eigenvalue weighted by atomic mass is 10.0. The van der Waals surface area contributed by atoms with Gasteiger partial charge in [0.15, 0.2) is 0 Å². The molecule has 2 unspecified atom stereocenters. The van der Waals surface area contributed by atoms with Crippen LogP contribution in [0.25, 0.3) is 0 Å². The molecule has 0 fully saturated rings. The van der Waals surface area contributed by atoms with Crippen molar-refractivity contribution in [1.82, 2.24) is 5.32 Å². The SMILES string of the molecule is CCCCCC(C)NC(C)c1cc(O)cc(O)c1. The Morgan fingerprint density at radius 2 is 1.67 bits per heavy atom. The molecule has 3 N–H and O–H groups in total. The van der Waals surface area contributed by atoms with Crippen molar-refractivity contribution < 1.29 is 10.2 Å². The minimum absolute atomic E-state index is 0.109. The summed E-state index contributed by atoms with van der Waals surface area (Å²) >= 11 is 0. The number of unbranched alkanes of at least 4 members (excludes halogenated alkanes) is 2. The van der Waals surface area contributed by atoms with Gasteiger partial charge >= 0.3 is 0 Å². The van der Waals surface area contributed by atoms with Gasteiger partial charge < -0.3 is 15.5 Å². The van der Waals surface area contributed by atoms with Crippen LogP contribution in [0.15, 0.2) is 18.2 Å². The first kappa shape index (κ1) is 14.8. The number of benzene rings is 1. The Labute approximate surface area is 110 Å². The Balaban J connectivity index is 2.50. The summed E-state index contributed by atoms with van der Waals surface area (Å²) in [5.41, 5.74) is 0.912. The van der Waals surface area contributed by atoms with Gasteiger partial charge in [0.1, 0.15) is 11.5 Å². The van der Waals surface area contributed by atoms with Crippen molar-refractivity contribution in [2.24, 2.45) is 0 Å². The second-order valence-corrected chi connectivity index (χ2v) is 5.07. The van der Waals surface area contributed by atoms with Gasteiger partial charge in [0.2, 0.25) is 0 Å². The molecule has 0 bridgehead atoms. The summed E-state index contributed by atoms with van der Waals surface area (Å²) in [6.45, 7) is 6.43. The first-order valence-corrected chi connectivity index (χ1v) is 6.82. The van der Waals surface area contributed by atoms with Crippen molar-refractivity contribution in [2.45, 2.75) is 58.5 Å².